The Labute approximate surface area is 160 Å². The summed E-state index contributed by atoms with van der Waals surface area (Å²) in [5, 5.41) is 0. The molecule has 1 aromatic carbocycles. The summed E-state index contributed by atoms with van der Waals surface area (Å²) in [6.45, 7) is 5.41. The zero-order valence-corrected chi connectivity index (χ0v) is 15.9. The molecule has 2 aromatic rings. The van der Waals surface area contributed by atoms with E-state index < -0.39 is 0 Å². The number of amides is 1. The Kier molecular flexibility index (Phi) is 5.01. The average molecular weight is 366 g/mol. The Hall–Kier alpha value is -2.56. The van der Waals surface area contributed by atoms with Gasteiger partial charge in [-0.25, -0.2) is 0 Å². The first-order chi connectivity index (χ1) is 13.1. The van der Waals surface area contributed by atoms with E-state index in [0.717, 1.165) is 29.9 Å². The predicted octanol–water partition coefficient (Wildman–Crippen LogP) is 4.28. The van der Waals surface area contributed by atoms with Crippen LogP contribution in [0.5, 0.6) is 11.5 Å². The second kappa shape index (κ2) is 7.59. The molecule has 1 fully saturated rings. The maximum absolute atomic E-state index is 13.4. The van der Waals surface area contributed by atoms with Crippen molar-refractivity contribution in [2.75, 3.05) is 6.79 Å². The van der Waals surface area contributed by atoms with Gasteiger partial charge in [0.25, 0.3) is 5.91 Å². The van der Waals surface area contributed by atoms with Gasteiger partial charge in [0.2, 0.25) is 6.79 Å². The minimum absolute atomic E-state index is 0.0704. The Bertz CT molecular complexity index is 808. The summed E-state index contributed by atoms with van der Waals surface area (Å²) in [6, 6.07) is 9.78. The molecule has 0 radical (unpaired) electrons. The lowest BCUT2D eigenvalue weighted by molar-refractivity contribution is 0.0449. The molecule has 4 rings (SSSR count). The standard InChI is InChI=1S/C22H26N2O3/c1-15-4-3-5-19(16(15)2)24(22(25)18-8-10-23-11-9-18)13-17-6-7-20-21(12-17)27-14-26-20/h6-12,15-16,19H,3-5,13-14H2,1-2H3/t15-,16-,19+/m1/s1. The minimum Gasteiger partial charge on any atom is -0.454 e. The molecular weight excluding hydrogens is 340 g/mol. The van der Waals surface area contributed by atoms with Crippen LogP contribution >= 0.6 is 0 Å². The minimum atomic E-state index is 0.0704. The zero-order valence-electron chi connectivity index (χ0n) is 15.9. The number of fused-ring (bicyclic) bond motifs is 1. The highest BCUT2D eigenvalue weighted by molar-refractivity contribution is 5.94. The van der Waals surface area contributed by atoms with E-state index >= 15 is 0 Å². The zero-order chi connectivity index (χ0) is 18.8. The number of carbonyl (C=O) groups is 1. The molecule has 27 heavy (non-hydrogen) atoms. The summed E-state index contributed by atoms with van der Waals surface area (Å²) in [4.78, 5) is 19.5. The van der Waals surface area contributed by atoms with Crippen molar-refractivity contribution >= 4 is 5.91 Å². The van der Waals surface area contributed by atoms with Crippen molar-refractivity contribution in [1.82, 2.24) is 9.88 Å². The third-order valence-electron chi connectivity index (χ3n) is 6.04. The summed E-state index contributed by atoms with van der Waals surface area (Å²) < 4.78 is 10.9. The summed E-state index contributed by atoms with van der Waals surface area (Å²) >= 11 is 0. The van der Waals surface area contributed by atoms with E-state index in [4.69, 9.17) is 9.47 Å². The third kappa shape index (κ3) is 3.64. The molecule has 2 aliphatic rings. The van der Waals surface area contributed by atoms with E-state index in [2.05, 4.69) is 18.8 Å². The Morgan fingerprint density at radius 1 is 1.11 bits per heavy atom. The fourth-order valence-corrected chi connectivity index (χ4v) is 4.23. The van der Waals surface area contributed by atoms with Gasteiger partial charge in [-0.05, 0) is 48.1 Å². The molecule has 5 heteroatoms. The van der Waals surface area contributed by atoms with Crippen LogP contribution in [0.4, 0.5) is 0 Å². The van der Waals surface area contributed by atoms with Crippen LogP contribution in [0.25, 0.3) is 0 Å². The molecule has 3 atom stereocenters. The number of ether oxygens (including phenoxy) is 2. The monoisotopic (exact) mass is 366 g/mol. The lowest BCUT2D eigenvalue weighted by atomic mass is 9.77. The Morgan fingerprint density at radius 3 is 2.70 bits per heavy atom. The van der Waals surface area contributed by atoms with E-state index in [1.165, 1.54) is 6.42 Å². The first-order valence-corrected chi connectivity index (χ1v) is 9.73. The molecule has 0 N–H and O–H groups in total. The van der Waals surface area contributed by atoms with E-state index in [1.54, 1.807) is 24.5 Å². The van der Waals surface area contributed by atoms with Crippen molar-refractivity contribution in [1.29, 1.82) is 0 Å². The normalized spacial score (nSPS) is 23.9. The highest BCUT2D eigenvalue weighted by atomic mass is 16.7. The van der Waals surface area contributed by atoms with Gasteiger partial charge < -0.3 is 14.4 Å². The van der Waals surface area contributed by atoms with Crippen molar-refractivity contribution in [2.24, 2.45) is 11.8 Å². The lowest BCUT2D eigenvalue weighted by Crippen LogP contribution is -2.46. The largest absolute Gasteiger partial charge is 0.454 e. The molecule has 142 valence electrons. The van der Waals surface area contributed by atoms with Crippen molar-refractivity contribution in [3.05, 3.63) is 53.9 Å². The molecular formula is C22H26N2O3. The molecule has 0 bridgehead atoms. The van der Waals surface area contributed by atoms with Crippen LogP contribution < -0.4 is 9.47 Å². The topological polar surface area (TPSA) is 51.7 Å². The number of benzene rings is 1. The van der Waals surface area contributed by atoms with Gasteiger partial charge in [0, 0.05) is 30.5 Å². The van der Waals surface area contributed by atoms with E-state index in [0.29, 0.717) is 23.9 Å². The quantitative estimate of drug-likeness (QED) is 0.810. The van der Waals surface area contributed by atoms with Gasteiger partial charge in [-0.1, -0.05) is 32.8 Å². The van der Waals surface area contributed by atoms with Crippen LogP contribution in [0.15, 0.2) is 42.7 Å². The van der Waals surface area contributed by atoms with E-state index in [-0.39, 0.29) is 18.7 Å². The second-order valence-corrected chi connectivity index (χ2v) is 7.69. The Morgan fingerprint density at radius 2 is 1.89 bits per heavy atom. The first kappa shape index (κ1) is 17.8. The molecule has 0 unspecified atom stereocenters. The number of hydrogen-bond acceptors (Lipinski definition) is 4. The van der Waals surface area contributed by atoms with Crippen LogP contribution in [0.3, 0.4) is 0 Å². The van der Waals surface area contributed by atoms with E-state index in [1.807, 2.05) is 23.1 Å². The summed E-state index contributed by atoms with van der Waals surface area (Å²) in [5.74, 6) is 2.69. The highest BCUT2D eigenvalue weighted by Crippen LogP contribution is 2.36. The maximum atomic E-state index is 13.4. The van der Waals surface area contributed by atoms with Crippen LogP contribution in [0.1, 0.15) is 49.0 Å². The van der Waals surface area contributed by atoms with Gasteiger partial charge in [0.1, 0.15) is 0 Å². The van der Waals surface area contributed by atoms with Crippen LogP contribution in [-0.2, 0) is 6.54 Å². The van der Waals surface area contributed by atoms with Gasteiger partial charge in [0.15, 0.2) is 11.5 Å². The molecule has 1 amide bonds. The van der Waals surface area contributed by atoms with Gasteiger partial charge in [0.05, 0.1) is 0 Å². The number of carbonyl (C=O) groups excluding carboxylic acids is 1. The highest BCUT2D eigenvalue weighted by Gasteiger charge is 2.34. The van der Waals surface area contributed by atoms with Crippen LogP contribution in [0.2, 0.25) is 0 Å². The molecule has 5 nitrogen and oxygen atoms in total. The van der Waals surface area contributed by atoms with Gasteiger partial charge >= 0.3 is 0 Å². The number of nitrogens with zero attached hydrogens (tertiary/aromatic N) is 2. The fraction of sp³-hybridized carbons (Fsp3) is 0.455. The summed E-state index contributed by atoms with van der Waals surface area (Å²) in [6.07, 6.45) is 6.81. The van der Waals surface area contributed by atoms with Crippen molar-refractivity contribution in [3.8, 4) is 11.5 Å². The summed E-state index contributed by atoms with van der Waals surface area (Å²) in [5.41, 5.74) is 1.75. The average Bonchev–Trinajstić information content (AvgIpc) is 3.16. The number of aromatic nitrogens is 1. The first-order valence-electron chi connectivity index (χ1n) is 9.73. The lowest BCUT2D eigenvalue weighted by Gasteiger charge is -2.41. The van der Waals surface area contributed by atoms with Crippen molar-refractivity contribution in [3.63, 3.8) is 0 Å². The van der Waals surface area contributed by atoms with Crippen LogP contribution in [-0.4, -0.2) is 28.6 Å². The van der Waals surface area contributed by atoms with Gasteiger partial charge in [-0.15, -0.1) is 0 Å². The van der Waals surface area contributed by atoms with Gasteiger partial charge in [-0.3, -0.25) is 9.78 Å². The molecule has 2 heterocycles. The molecule has 0 spiro atoms. The molecule has 1 saturated carbocycles. The van der Waals surface area contributed by atoms with E-state index in [9.17, 15) is 4.79 Å². The summed E-state index contributed by atoms with van der Waals surface area (Å²) in [7, 11) is 0. The fourth-order valence-electron chi connectivity index (χ4n) is 4.23. The van der Waals surface area contributed by atoms with Crippen molar-refractivity contribution < 1.29 is 14.3 Å². The third-order valence-corrected chi connectivity index (χ3v) is 6.04. The van der Waals surface area contributed by atoms with Gasteiger partial charge in [-0.2, -0.15) is 0 Å². The SMILES string of the molecule is C[C@@H]1[C@H](C)CCC[C@@H]1N(Cc1ccc2c(c1)OCO2)C(=O)c1ccncc1. The number of rotatable bonds is 4. The molecule has 0 saturated heterocycles. The second-order valence-electron chi connectivity index (χ2n) is 7.69. The predicted molar refractivity (Wildman–Crippen MR) is 103 cm³/mol. The van der Waals surface area contributed by atoms with Crippen LogP contribution in [0, 0.1) is 11.8 Å². The smallest absolute Gasteiger partial charge is 0.254 e. The molecule has 1 aliphatic carbocycles. The Balaban J connectivity index is 1.64. The molecule has 1 aromatic heterocycles. The molecule has 1 aliphatic heterocycles. The van der Waals surface area contributed by atoms with Crippen molar-refractivity contribution in [2.45, 2.75) is 45.7 Å². The number of pyridine rings is 1. The maximum Gasteiger partial charge on any atom is 0.254 e. The number of hydrogen-bond donors (Lipinski definition) is 0.